The molecule has 17 heavy (non-hydrogen) atoms. The van der Waals surface area contributed by atoms with Crippen molar-refractivity contribution < 1.29 is 0 Å². The fourth-order valence-corrected chi connectivity index (χ4v) is 2.48. The lowest BCUT2D eigenvalue weighted by Crippen LogP contribution is -2.19. The maximum atomic E-state index is 6.16. The molecule has 0 amide bonds. The van der Waals surface area contributed by atoms with E-state index in [1.807, 2.05) is 12.1 Å². The topological polar surface area (TPSA) is 29.0 Å². The summed E-state index contributed by atoms with van der Waals surface area (Å²) in [5.41, 5.74) is 4.34. The van der Waals surface area contributed by atoms with Crippen LogP contribution in [0.5, 0.6) is 0 Å². The van der Waals surface area contributed by atoms with Crippen molar-refractivity contribution in [2.75, 3.05) is 18.5 Å². The second-order valence-electron chi connectivity index (χ2n) is 4.18. The maximum absolute atomic E-state index is 6.16. The highest BCUT2D eigenvalue weighted by atomic mass is 35.5. The van der Waals surface area contributed by atoms with Gasteiger partial charge in [-0.05, 0) is 12.5 Å². The molecular formula is C13H12ClN3. The number of fused-ring (bicyclic) bond motifs is 3. The van der Waals surface area contributed by atoms with E-state index in [4.69, 9.17) is 11.6 Å². The molecule has 0 saturated carbocycles. The molecule has 1 aliphatic rings. The third kappa shape index (κ3) is 1.67. The molecule has 0 spiro atoms. The number of anilines is 1. The molecule has 0 atom stereocenters. The monoisotopic (exact) mass is 245 g/mol. The van der Waals surface area contributed by atoms with Crippen LogP contribution < -0.4 is 4.90 Å². The van der Waals surface area contributed by atoms with Gasteiger partial charge in [0.2, 0.25) is 0 Å². The molecule has 0 aliphatic carbocycles. The van der Waals surface area contributed by atoms with Crippen molar-refractivity contribution >= 4 is 17.3 Å². The molecule has 1 aromatic heterocycles. The van der Waals surface area contributed by atoms with Gasteiger partial charge in [-0.2, -0.15) is 0 Å². The van der Waals surface area contributed by atoms with Crippen LogP contribution in [0.1, 0.15) is 5.56 Å². The molecule has 0 bridgehead atoms. The number of hydrogen-bond acceptors (Lipinski definition) is 3. The molecule has 1 aliphatic heterocycles. The molecule has 0 N–H and O–H groups in total. The largest absolute Gasteiger partial charge is 0.374 e. The average molecular weight is 246 g/mol. The molecule has 3 rings (SSSR count). The Bertz CT molecular complexity index is 568. The minimum Gasteiger partial charge on any atom is -0.374 e. The molecule has 1 aromatic carbocycles. The van der Waals surface area contributed by atoms with Crippen molar-refractivity contribution in [1.82, 2.24) is 9.97 Å². The highest BCUT2D eigenvalue weighted by molar-refractivity contribution is 6.30. The highest BCUT2D eigenvalue weighted by Gasteiger charge is 2.20. The van der Waals surface area contributed by atoms with Gasteiger partial charge in [-0.25, -0.2) is 9.97 Å². The van der Waals surface area contributed by atoms with Gasteiger partial charge in [0, 0.05) is 30.4 Å². The number of rotatable bonds is 0. The first-order valence-corrected chi connectivity index (χ1v) is 5.95. The normalized spacial score (nSPS) is 13.9. The van der Waals surface area contributed by atoms with Crippen molar-refractivity contribution in [3.63, 3.8) is 0 Å². The summed E-state index contributed by atoms with van der Waals surface area (Å²) in [4.78, 5) is 10.7. The van der Waals surface area contributed by atoms with Gasteiger partial charge in [-0.3, -0.25) is 0 Å². The molecule has 4 heteroatoms. The van der Waals surface area contributed by atoms with Gasteiger partial charge < -0.3 is 4.90 Å². The van der Waals surface area contributed by atoms with Gasteiger partial charge in [0.05, 0.1) is 5.69 Å². The van der Waals surface area contributed by atoms with E-state index in [0.29, 0.717) is 5.15 Å². The molecule has 0 fully saturated rings. The van der Waals surface area contributed by atoms with Crippen molar-refractivity contribution in [3.8, 4) is 11.3 Å². The van der Waals surface area contributed by atoms with Crippen LogP contribution in [0.2, 0.25) is 5.15 Å². The van der Waals surface area contributed by atoms with Crippen molar-refractivity contribution in [3.05, 3.63) is 41.3 Å². The van der Waals surface area contributed by atoms with Crippen LogP contribution in [0.15, 0.2) is 30.6 Å². The van der Waals surface area contributed by atoms with Crippen LogP contribution in [0, 0.1) is 0 Å². The molecule has 0 unspecified atom stereocenters. The van der Waals surface area contributed by atoms with Crippen molar-refractivity contribution in [2.24, 2.45) is 0 Å². The molecule has 86 valence electrons. The number of para-hydroxylation sites is 1. The predicted octanol–water partition coefficient (Wildman–Crippen LogP) is 2.79. The molecule has 2 heterocycles. The second-order valence-corrected chi connectivity index (χ2v) is 4.54. The summed E-state index contributed by atoms with van der Waals surface area (Å²) in [5.74, 6) is 0. The average Bonchev–Trinajstić information content (AvgIpc) is 2.50. The van der Waals surface area contributed by atoms with Crippen molar-refractivity contribution in [2.45, 2.75) is 6.42 Å². The number of halogens is 1. The minimum atomic E-state index is 0.570. The Morgan fingerprint density at radius 3 is 2.94 bits per heavy atom. The summed E-state index contributed by atoms with van der Waals surface area (Å²) in [7, 11) is 2.09. The summed E-state index contributed by atoms with van der Waals surface area (Å²) < 4.78 is 0. The first kappa shape index (κ1) is 10.5. The lowest BCUT2D eigenvalue weighted by Gasteiger charge is -2.18. The Balaban J connectivity index is 2.30. The van der Waals surface area contributed by atoms with Gasteiger partial charge in [-0.1, -0.05) is 29.8 Å². The van der Waals surface area contributed by atoms with E-state index >= 15 is 0 Å². The number of nitrogens with zero attached hydrogens (tertiary/aromatic N) is 3. The third-order valence-electron chi connectivity index (χ3n) is 3.16. The molecule has 0 radical (unpaired) electrons. The highest BCUT2D eigenvalue weighted by Crippen LogP contribution is 2.35. The van der Waals surface area contributed by atoms with E-state index < -0.39 is 0 Å². The third-order valence-corrected chi connectivity index (χ3v) is 3.49. The van der Waals surface area contributed by atoms with Gasteiger partial charge in [0.1, 0.15) is 11.5 Å². The minimum absolute atomic E-state index is 0.570. The van der Waals surface area contributed by atoms with E-state index in [2.05, 4.69) is 34.0 Å². The van der Waals surface area contributed by atoms with Gasteiger partial charge in [-0.15, -0.1) is 0 Å². The summed E-state index contributed by atoms with van der Waals surface area (Å²) in [6.45, 7) is 0.928. The van der Waals surface area contributed by atoms with E-state index in [-0.39, 0.29) is 0 Å². The summed E-state index contributed by atoms with van der Waals surface area (Å²) in [5, 5.41) is 0.570. The number of hydrogen-bond donors (Lipinski definition) is 0. The van der Waals surface area contributed by atoms with Gasteiger partial charge in [0.25, 0.3) is 0 Å². The standard InChI is InChI=1S/C13H12ClN3/c1-17-7-6-10-12(15-8-16-13(10)14)9-4-2-3-5-11(9)17/h2-5,8H,6-7H2,1H3. The SMILES string of the molecule is CN1CCc2c(Cl)ncnc2-c2ccccc21. The first-order valence-electron chi connectivity index (χ1n) is 5.57. The number of benzene rings is 1. The quantitative estimate of drug-likeness (QED) is 0.669. The van der Waals surface area contributed by atoms with E-state index in [0.717, 1.165) is 29.8 Å². The fourth-order valence-electron chi connectivity index (χ4n) is 2.25. The Kier molecular flexibility index (Phi) is 2.48. The van der Waals surface area contributed by atoms with Crippen LogP contribution in [0.4, 0.5) is 5.69 Å². The number of aromatic nitrogens is 2. The summed E-state index contributed by atoms with van der Waals surface area (Å²) in [6, 6.07) is 8.26. The van der Waals surface area contributed by atoms with E-state index in [9.17, 15) is 0 Å². The zero-order valence-electron chi connectivity index (χ0n) is 9.52. The second kappa shape index (κ2) is 4.00. The Labute approximate surface area is 105 Å². The van der Waals surface area contributed by atoms with E-state index in [1.165, 1.54) is 12.0 Å². The Morgan fingerprint density at radius 1 is 1.24 bits per heavy atom. The first-order chi connectivity index (χ1) is 8.27. The fraction of sp³-hybridized carbons (Fsp3) is 0.231. The molecule has 0 saturated heterocycles. The maximum Gasteiger partial charge on any atom is 0.136 e. The smallest absolute Gasteiger partial charge is 0.136 e. The van der Waals surface area contributed by atoms with Crippen LogP contribution in [-0.2, 0) is 6.42 Å². The Hall–Kier alpha value is -1.61. The van der Waals surface area contributed by atoms with Crippen molar-refractivity contribution in [1.29, 1.82) is 0 Å². The predicted molar refractivity (Wildman–Crippen MR) is 69.5 cm³/mol. The number of likely N-dealkylation sites (N-methyl/N-ethyl adjacent to an activating group) is 1. The zero-order chi connectivity index (χ0) is 11.8. The van der Waals surface area contributed by atoms with Crippen LogP contribution >= 0.6 is 11.6 Å². The lowest BCUT2D eigenvalue weighted by atomic mass is 10.1. The Morgan fingerprint density at radius 2 is 2.06 bits per heavy atom. The van der Waals surface area contributed by atoms with Crippen LogP contribution in [0.25, 0.3) is 11.3 Å². The van der Waals surface area contributed by atoms with Gasteiger partial charge >= 0.3 is 0 Å². The van der Waals surface area contributed by atoms with Crippen LogP contribution in [-0.4, -0.2) is 23.6 Å². The lowest BCUT2D eigenvalue weighted by molar-refractivity contribution is 0.882. The molecule has 2 aromatic rings. The molecular weight excluding hydrogens is 234 g/mol. The van der Waals surface area contributed by atoms with E-state index in [1.54, 1.807) is 0 Å². The van der Waals surface area contributed by atoms with Gasteiger partial charge in [0.15, 0.2) is 0 Å². The van der Waals surface area contributed by atoms with Crippen LogP contribution in [0.3, 0.4) is 0 Å². The molecule has 3 nitrogen and oxygen atoms in total. The zero-order valence-corrected chi connectivity index (χ0v) is 10.3. The summed E-state index contributed by atoms with van der Waals surface area (Å²) in [6.07, 6.45) is 2.41. The summed E-state index contributed by atoms with van der Waals surface area (Å²) >= 11 is 6.16.